The molecule has 0 bridgehead atoms. The first-order valence-corrected chi connectivity index (χ1v) is 8.69. The lowest BCUT2D eigenvalue weighted by Gasteiger charge is -2.32. The van der Waals surface area contributed by atoms with Crippen LogP contribution in [0.5, 0.6) is 5.88 Å². The maximum absolute atomic E-state index is 5.77. The van der Waals surface area contributed by atoms with Crippen LogP contribution in [0.2, 0.25) is 0 Å². The quantitative estimate of drug-likeness (QED) is 0.735. The molecule has 23 heavy (non-hydrogen) atoms. The standard InChI is InChI=1S/C17H18N4OS/c1-2-6-15-14(5-1)20-17(23-15)21-9-3-4-13(11-21)12-22-16-10-18-7-8-19-16/h1-2,5-8,10,13H,3-4,9,11-12H2. The Labute approximate surface area is 139 Å². The number of piperidine rings is 1. The van der Waals surface area contributed by atoms with Gasteiger partial charge in [0.2, 0.25) is 5.88 Å². The summed E-state index contributed by atoms with van der Waals surface area (Å²) in [5.41, 5.74) is 1.09. The SMILES string of the molecule is c1ccc2sc(N3CCCC(COc4cnccn4)C3)nc2c1. The zero-order valence-corrected chi connectivity index (χ0v) is 13.6. The topological polar surface area (TPSA) is 51.1 Å². The van der Waals surface area contributed by atoms with Crippen molar-refractivity contribution < 1.29 is 4.74 Å². The normalized spacial score (nSPS) is 18.3. The largest absolute Gasteiger partial charge is 0.476 e. The van der Waals surface area contributed by atoms with Crippen molar-refractivity contribution in [3.8, 4) is 5.88 Å². The van der Waals surface area contributed by atoms with Crippen LogP contribution in [0.4, 0.5) is 5.13 Å². The molecule has 0 radical (unpaired) electrons. The minimum atomic E-state index is 0.498. The first-order valence-electron chi connectivity index (χ1n) is 7.88. The fourth-order valence-corrected chi connectivity index (χ4v) is 3.93. The number of aromatic nitrogens is 3. The molecule has 0 amide bonds. The fourth-order valence-electron chi connectivity index (χ4n) is 2.93. The molecule has 1 aliphatic heterocycles. The van der Waals surface area contributed by atoms with Crippen molar-refractivity contribution in [2.24, 2.45) is 5.92 Å². The van der Waals surface area contributed by atoms with Gasteiger partial charge in [-0.1, -0.05) is 23.5 Å². The van der Waals surface area contributed by atoms with E-state index in [4.69, 9.17) is 9.72 Å². The van der Waals surface area contributed by atoms with Gasteiger partial charge < -0.3 is 9.64 Å². The highest BCUT2D eigenvalue weighted by atomic mass is 32.1. The van der Waals surface area contributed by atoms with Crippen LogP contribution < -0.4 is 9.64 Å². The molecule has 0 aliphatic carbocycles. The molecule has 1 aromatic carbocycles. The lowest BCUT2D eigenvalue weighted by molar-refractivity contribution is 0.221. The molecule has 1 unspecified atom stereocenters. The Bertz CT molecular complexity index is 743. The van der Waals surface area contributed by atoms with E-state index in [0.29, 0.717) is 18.4 Å². The Morgan fingerprint density at radius 2 is 2.22 bits per heavy atom. The summed E-state index contributed by atoms with van der Waals surface area (Å²) in [7, 11) is 0. The number of anilines is 1. The van der Waals surface area contributed by atoms with Crippen LogP contribution in [0.1, 0.15) is 12.8 Å². The highest BCUT2D eigenvalue weighted by Gasteiger charge is 2.23. The van der Waals surface area contributed by atoms with Crippen molar-refractivity contribution in [1.29, 1.82) is 0 Å². The van der Waals surface area contributed by atoms with E-state index in [1.165, 1.54) is 17.5 Å². The monoisotopic (exact) mass is 326 g/mol. The van der Waals surface area contributed by atoms with Gasteiger partial charge in [-0.2, -0.15) is 0 Å². The predicted octanol–water partition coefficient (Wildman–Crippen LogP) is 3.38. The van der Waals surface area contributed by atoms with Gasteiger partial charge in [0, 0.05) is 31.4 Å². The predicted molar refractivity (Wildman–Crippen MR) is 92.1 cm³/mol. The zero-order valence-electron chi connectivity index (χ0n) is 12.8. The molecule has 4 rings (SSSR count). The summed E-state index contributed by atoms with van der Waals surface area (Å²) >= 11 is 1.77. The Morgan fingerprint density at radius 3 is 3.09 bits per heavy atom. The number of nitrogens with zero attached hydrogens (tertiary/aromatic N) is 4. The first-order chi connectivity index (χ1) is 11.4. The minimum Gasteiger partial charge on any atom is -0.476 e. The Hall–Kier alpha value is -2.21. The van der Waals surface area contributed by atoms with Gasteiger partial charge in [0.25, 0.3) is 0 Å². The Balaban J connectivity index is 1.42. The van der Waals surface area contributed by atoms with E-state index in [0.717, 1.165) is 23.7 Å². The van der Waals surface area contributed by atoms with Crippen molar-refractivity contribution in [3.05, 3.63) is 42.9 Å². The molecule has 0 N–H and O–H groups in total. The summed E-state index contributed by atoms with van der Waals surface area (Å²) in [6, 6.07) is 8.32. The lowest BCUT2D eigenvalue weighted by atomic mass is 9.99. The van der Waals surface area contributed by atoms with Gasteiger partial charge in [0.15, 0.2) is 5.13 Å². The summed E-state index contributed by atoms with van der Waals surface area (Å²) in [5, 5.41) is 1.12. The third-order valence-electron chi connectivity index (χ3n) is 4.08. The minimum absolute atomic E-state index is 0.498. The molecule has 0 saturated carbocycles. The molecule has 2 aromatic heterocycles. The van der Waals surface area contributed by atoms with E-state index in [9.17, 15) is 0 Å². The Kier molecular flexibility index (Phi) is 4.06. The molecule has 1 aliphatic rings. The number of thiazole rings is 1. The third-order valence-corrected chi connectivity index (χ3v) is 5.18. The number of hydrogen-bond acceptors (Lipinski definition) is 6. The number of benzene rings is 1. The fraction of sp³-hybridized carbons (Fsp3) is 0.353. The smallest absolute Gasteiger partial charge is 0.232 e. The average Bonchev–Trinajstić information content (AvgIpc) is 3.05. The molecule has 3 aromatic rings. The second-order valence-corrected chi connectivity index (χ2v) is 6.78. The van der Waals surface area contributed by atoms with Crippen LogP contribution in [0.3, 0.4) is 0 Å². The molecule has 1 atom stereocenters. The van der Waals surface area contributed by atoms with E-state index in [2.05, 4.69) is 33.1 Å². The van der Waals surface area contributed by atoms with E-state index in [-0.39, 0.29) is 0 Å². The van der Waals surface area contributed by atoms with Crippen LogP contribution in [0.15, 0.2) is 42.9 Å². The maximum atomic E-state index is 5.77. The van der Waals surface area contributed by atoms with Crippen LogP contribution in [-0.4, -0.2) is 34.6 Å². The molecule has 1 saturated heterocycles. The highest BCUT2D eigenvalue weighted by Crippen LogP contribution is 2.31. The first kappa shape index (κ1) is 14.4. The van der Waals surface area contributed by atoms with Crippen molar-refractivity contribution in [2.45, 2.75) is 12.8 Å². The number of para-hydroxylation sites is 1. The number of ether oxygens (including phenoxy) is 1. The van der Waals surface area contributed by atoms with Gasteiger partial charge in [0.05, 0.1) is 23.0 Å². The van der Waals surface area contributed by atoms with Gasteiger partial charge in [0.1, 0.15) is 0 Å². The van der Waals surface area contributed by atoms with Crippen LogP contribution in [0.25, 0.3) is 10.2 Å². The molecule has 0 spiro atoms. The summed E-state index contributed by atoms with van der Waals surface area (Å²) in [4.78, 5) is 15.3. The molecule has 5 nitrogen and oxygen atoms in total. The second kappa shape index (κ2) is 6.50. The van der Waals surface area contributed by atoms with Crippen molar-refractivity contribution in [2.75, 3.05) is 24.6 Å². The van der Waals surface area contributed by atoms with Gasteiger partial charge in [-0.15, -0.1) is 0 Å². The van der Waals surface area contributed by atoms with E-state index >= 15 is 0 Å². The molecular weight excluding hydrogens is 308 g/mol. The van der Waals surface area contributed by atoms with Crippen LogP contribution in [-0.2, 0) is 0 Å². The molecule has 6 heteroatoms. The number of fused-ring (bicyclic) bond motifs is 1. The summed E-state index contributed by atoms with van der Waals surface area (Å²) in [5.74, 6) is 1.10. The maximum Gasteiger partial charge on any atom is 0.232 e. The molecule has 118 valence electrons. The van der Waals surface area contributed by atoms with Gasteiger partial charge >= 0.3 is 0 Å². The van der Waals surface area contributed by atoms with Crippen molar-refractivity contribution in [1.82, 2.24) is 15.0 Å². The van der Waals surface area contributed by atoms with Gasteiger partial charge in [-0.3, -0.25) is 4.98 Å². The third kappa shape index (κ3) is 3.27. The van der Waals surface area contributed by atoms with E-state index in [1.807, 2.05) is 6.07 Å². The lowest BCUT2D eigenvalue weighted by Crippen LogP contribution is -2.37. The average molecular weight is 326 g/mol. The summed E-state index contributed by atoms with van der Waals surface area (Å²) in [6.45, 7) is 2.74. The number of rotatable bonds is 4. The molecule has 1 fully saturated rings. The van der Waals surface area contributed by atoms with Gasteiger partial charge in [-0.05, 0) is 25.0 Å². The summed E-state index contributed by atoms with van der Waals surface area (Å²) in [6.07, 6.45) is 7.33. The van der Waals surface area contributed by atoms with Crippen LogP contribution >= 0.6 is 11.3 Å². The molecule has 3 heterocycles. The summed E-state index contributed by atoms with van der Waals surface area (Å²) < 4.78 is 7.02. The van der Waals surface area contributed by atoms with E-state index in [1.54, 1.807) is 29.9 Å². The molecular formula is C17H18N4OS. The van der Waals surface area contributed by atoms with Gasteiger partial charge in [-0.25, -0.2) is 9.97 Å². The second-order valence-electron chi connectivity index (χ2n) is 5.77. The Morgan fingerprint density at radius 1 is 1.26 bits per heavy atom. The zero-order chi connectivity index (χ0) is 15.5. The van der Waals surface area contributed by atoms with Crippen molar-refractivity contribution in [3.63, 3.8) is 0 Å². The van der Waals surface area contributed by atoms with Crippen molar-refractivity contribution >= 4 is 26.7 Å². The van der Waals surface area contributed by atoms with E-state index < -0.39 is 0 Å². The van der Waals surface area contributed by atoms with Crippen LogP contribution in [0, 0.1) is 5.92 Å². The highest BCUT2D eigenvalue weighted by molar-refractivity contribution is 7.22. The number of hydrogen-bond donors (Lipinski definition) is 0.